The third-order valence-electron chi connectivity index (χ3n) is 1.73. The van der Waals surface area contributed by atoms with E-state index < -0.39 is 0 Å². The SMILES string of the molecule is COC[C@@H](N)c1cccc(Cl)c1Cl. The summed E-state index contributed by atoms with van der Waals surface area (Å²) in [5.41, 5.74) is 6.62. The van der Waals surface area contributed by atoms with E-state index in [9.17, 15) is 0 Å². The van der Waals surface area contributed by atoms with Crippen LogP contribution in [0.4, 0.5) is 0 Å². The smallest absolute Gasteiger partial charge is 0.0656 e. The molecule has 0 aliphatic heterocycles. The van der Waals surface area contributed by atoms with Crippen LogP contribution in [0.1, 0.15) is 11.6 Å². The van der Waals surface area contributed by atoms with E-state index in [2.05, 4.69) is 0 Å². The highest BCUT2D eigenvalue weighted by atomic mass is 35.5. The minimum Gasteiger partial charge on any atom is -0.383 e. The summed E-state index contributed by atoms with van der Waals surface area (Å²) in [6.07, 6.45) is 0. The predicted molar refractivity (Wildman–Crippen MR) is 55.3 cm³/mol. The van der Waals surface area contributed by atoms with Crippen molar-refractivity contribution in [1.82, 2.24) is 0 Å². The fourth-order valence-corrected chi connectivity index (χ4v) is 1.52. The minimum absolute atomic E-state index is 0.226. The summed E-state index contributed by atoms with van der Waals surface area (Å²) in [6, 6.07) is 5.17. The molecular formula is C9H11Cl2NO. The van der Waals surface area contributed by atoms with Gasteiger partial charge in [0.25, 0.3) is 0 Å². The van der Waals surface area contributed by atoms with E-state index in [0.29, 0.717) is 16.7 Å². The van der Waals surface area contributed by atoms with E-state index in [4.69, 9.17) is 33.7 Å². The largest absolute Gasteiger partial charge is 0.383 e. The van der Waals surface area contributed by atoms with E-state index in [1.54, 1.807) is 13.2 Å². The average molecular weight is 220 g/mol. The Balaban J connectivity index is 2.93. The molecule has 1 aromatic carbocycles. The first-order valence-electron chi connectivity index (χ1n) is 3.85. The van der Waals surface area contributed by atoms with Crippen molar-refractivity contribution < 1.29 is 4.74 Å². The summed E-state index contributed by atoms with van der Waals surface area (Å²) >= 11 is 11.8. The van der Waals surface area contributed by atoms with Gasteiger partial charge < -0.3 is 10.5 Å². The summed E-state index contributed by atoms with van der Waals surface area (Å²) in [5.74, 6) is 0. The number of rotatable bonds is 3. The number of benzene rings is 1. The molecule has 0 saturated heterocycles. The molecule has 0 amide bonds. The van der Waals surface area contributed by atoms with Crippen molar-refractivity contribution in [3.63, 3.8) is 0 Å². The molecule has 0 saturated carbocycles. The van der Waals surface area contributed by atoms with Crippen molar-refractivity contribution in [3.05, 3.63) is 33.8 Å². The van der Waals surface area contributed by atoms with Gasteiger partial charge in [-0.25, -0.2) is 0 Å². The van der Waals surface area contributed by atoms with Gasteiger partial charge in [0, 0.05) is 7.11 Å². The van der Waals surface area contributed by atoms with Gasteiger partial charge in [-0.1, -0.05) is 35.3 Å². The van der Waals surface area contributed by atoms with E-state index in [0.717, 1.165) is 5.56 Å². The Kier molecular flexibility index (Phi) is 4.00. The minimum atomic E-state index is -0.226. The molecule has 13 heavy (non-hydrogen) atoms. The quantitative estimate of drug-likeness (QED) is 0.849. The van der Waals surface area contributed by atoms with Gasteiger partial charge >= 0.3 is 0 Å². The molecule has 0 aliphatic rings. The molecule has 2 nitrogen and oxygen atoms in total. The fourth-order valence-electron chi connectivity index (χ4n) is 1.08. The zero-order valence-electron chi connectivity index (χ0n) is 7.26. The number of halogens is 2. The van der Waals surface area contributed by atoms with E-state index in [-0.39, 0.29) is 6.04 Å². The Labute approximate surface area is 87.6 Å². The molecule has 0 aliphatic carbocycles. The average Bonchev–Trinajstić information content (AvgIpc) is 2.10. The first-order chi connectivity index (χ1) is 6.16. The van der Waals surface area contributed by atoms with Crippen LogP contribution in [-0.2, 0) is 4.74 Å². The monoisotopic (exact) mass is 219 g/mol. The molecular weight excluding hydrogens is 209 g/mol. The van der Waals surface area contributed by atoms with Gasteiger partial charge in [-0.3, -0.25) is 0 Å². The van der Waals surface area contributed by atoms with Gasteiger partial charge in [0.15, 0.2) is 0 Å². The Morgan fingerprint density at radius 2 is 2.15 bits per heavy atom. The molecule has 0 unspecified atom stereocenters. The van der Waals surface area contributed by atoms with Gasteiger partial charge in [0.2, 0.25) is 0 Å². The van der Waals surface area contributed by atoms with Gasteiger partial charge in [-0.15, -0.1) is 0 Å². The van der Waals surface area contributed by atoms with Crippen LogP contribution in [0, 0.1) is 0 Å². The van der Waals surface area contributed by atoms with Crippen LogP contribution in [0.15, 0.2) is 18.2 Å². The predicted octanol–water partition coefficient (Wildman–Crippen LogP) is 2.64. The van der Waals surface area contributed by atoms with Crippen LogP contribution in [0.2, 0.25) is 10.0 Å². The Hall–Kier alpha value is -0.280. The fraction of sp³-hybridized carbons (Fsp3) is 0.333. The summed E-state index contributed by atoms with van der Waals surface area (Å²) in [6.45, 7) is 0.431. The lowest BCUT2D eigenvalue weighted by atomic mass is 10.1. The van der Waals surface area contributed by atoms with Crippen LogP contribution in [-0.4, -0.2) is 13.7 Å². The van der Waals surface area contributed by atoms with Crippen LogP contribution in [0.3, 0.4) is 0 Å². The molecule has 0 heterocycles. The van der Waals surface area contributed by atoms with Gasteiger partial charge in [0.05, 0.1) is 22.7 Å². The Bertz CT molecular complexity index is 291. The van der Waals surface area contributed by atoms with Crippen molar-refractivity contribution in [2.45, 2.75) is 6.04 Å². The van der Waals surface area contributed by atoms with Crippen LogP contribution in [0.25, 0.3) is 0 Å². The Morgan fingerprint density at radius 3 is 2.77 bits per heavy atom. The molecule has 0 radical (unpaired) electrons. The highest BCUT2D eigenvalue weighted by molar-refractivity contribution is 6.42. The topological polar surface area (TPSA) is 35.2 Å². The molecule has 1 aromatic rings. The molecule has 0 fully saturated rings. The number of hydrogen-bond donors (Lipinski definition) is 1. The van der Waals surface area contributed by atoms with Gasteiger partial charge in [0.1, 0.15) is 0 Å². The maximum Gasteiger partial charge on any atom is 0.0656 e. The van der Waals surface area contributed by atoms with Gasteiger partial charge in [-0.05, 0) is 11.6 Å². The van der Waals surface area contributed by atoms with Crippen LogP contribution >= 0.6 is 23.2 Å². The molecule has 72 valence electrons. The first-order valence-corrected chi connectivity index (χ1v) is 4.61. The van der Waals surface area contributed by atoms with Crippen molar-refractivity contribution >= 4 is 23.2 Å². The second-order valence-electron chi connectivity index (χ2n) is 2.70. The van der Waals surface area contributed by atoms with Crippen LogP contribution < -0.4 is 5.73 Å². The molecule has 0 bridgehead atoms. The number of methoxy groups -OCH3 is 1. The standard InChI is InChI=1S/C9H11Cl2NO/c1-13-5-8(12)6-3-2-4-7(10)9(6)11/h2-4,8H,5,12H2,1H3/t8-/m1/s1. The normalized spacial score (nSPS) is 12.9. The third kappa shape index (κ3) is 2.58. The summed E-state index contributed by atoms with van der Waals surface area (Å²) in [5, 5.41) is 1.03. The van der Waals surface area contributed by atoms with Crippen molar-refractivity contribution in [1.29, 1.82) is 0 Å². The molecule has 0 aromatic heterocycles. The number of ether oxygens (including phenoxy) is 1. The summed E-state index contributed by atoms with van der Waals surface area (Å²) < 4.78 is 4.93. The summed E-state index contributed by atoms with van der Waals surface area (Å²) in [4.78, 5) is 0. The lowest BCUT2D eigenvalue weighted by molar-refractivity contribution is 0.181. The second kappa shape index (κ2) is 4.82. The van der Waals surface area contributed by atoms with E-state index in [1.165, 1.54) is 0 Å². The lowest BCUT2D eigenvalue weighted by Crippen LogP contribution is -2.16. The molecule has 4 heteroatoms. The molecule has 2 N–H and O–H groups in total. The zero-order valence-corrected chi connectivity index (χ0v) is 8.77. The first kappa shape index (κ1) is 10.8. The molecule has 1 rings (SSSR count). The highest BCUT2D eigenvalue weighted by Gasteiger charge is 2.11. The number of nitrogens with two attached hydrogens (primary N) is 1. The highest BCUT2D eigenvalue weighted by Crippen LogP contribution is 2.28. The zero-order chi connectivity index (χ0) is 9.84. The molecule has 1 atom stereocenters. The van der Waals surface area contributed by atoms with Crippen molar-refractivity contribution in [3.8, 4) is 0 Å². The van der Waals surface area contributed by atoms with E-state index >= 15 is 0 Å². The maximum absolute atomic E-state index is 5.96. The van der Waals surface area contributed by atoms with Crippen molar-refractivity contribution in [2.75, 3.05) is 13.7 Å². The second-order valence-corrected chi connectivity index (χ2v) is 3.49. The van der Waals surface area contributed by atoms with E-state index in [1.807, 2.05) is 12.1 Å². The molecule has 0 spiro atoms. The summed E-state index contributed by atoms with van der Waals surface area (Å²) in [7, 11) is 1.60. The maximum atomic E-state index is 5.96. The van der Waals surface area contributed by atoms with Crippen molar-refractivity contribution in [2.24, 2.45) is 5.73 Å². The Morgan fingerprint density at radius 1 is 1.46 bits per heavy atom. The third-order valence-corrected chi connectivity index (χ3v) is 2.56. The van der Waals surface area contributed by atoms with Crippen LogP contribution in [0.5, 0.6) is 0 Å². The lowest BCUT2D eigenvalue weighted by Gasteiger charge is -2.12. The number of hydrogen-bond acceptors (Lipinski definition) is 2. The van der Waals surface area contributed by atoms with Gasteiger partial charge in [-0.2, -0.15) is 0 Å².